The average molecular weight is 802 g/mol. The van der Waals surface area contributed by atoms with Crippen LogP contribution in [0.2, 0.25) is 0 Å². The topological polar surface area (TPSA) is 123 Å². The second-order valence-electron chi connectivity index (χ2n) is 17.0. The number of pyridine rings is 1. The van der Waals surface area contributed by atoms with Gasteiger partial charge in [0.2, 0.25) is 5.91 Å². The lowest BCUT2D eigenvalue weighted by Gasteiger charge is -2.36. The molecule has 1 aliphatic heterocycles. The van der Waals surface area contributed by atoms with Crippen molar-refractivity contribution in [3.05, 3.63) is 58.2 Å². The summed E-state index contributed by atoms with van der Waals surface area (Å²) in [4.78, 5) is 40.0. The van der Waals surface area contributed by atoms with Crippen molar-refractivity contribution >= 4 is 34.1 Å². The summed E-state index contributed by atoms with van der Waals surface area (Å²) in [7, 11) is 7.46. The molecular weight excluding hydrogens is 739 g/mol. The van der Waals surface area contributed by atoms with Crippen molar-refractivity contribution in [2.45, 2.75) is 98.1 Å². The summed E-state index contributed by atoms with van der Waals surface area (Å²) in [6.07, 6.45) is 4.32. The van der Waals surface area contributed by atoms with Gasteiger partial charge >= 0.3 is 0 Å². The number of ether oxygens (including phenoxy) is 3. The standard InChI is InChI=1S/C44H63N7O5S/c1-11-50-36-17-16-30(23-33(36)34(24-44(5,6)26-54-9)39(50)31-15-12-18-45-37(31)29(4)55-10)35-25-57-42(46-35)40(56-21-20-49(7)8)38(47-41(52)32-22-27(32)2)43(53)51-19-13-14-28(3)48-51/h12,15-18,23,25,27-29,32,38,40,48H,11,13-14,19-22,24,26H2,1-10H3,(H,47,52)/t27-,28+,29-,32-,38-,40-/m0/s1. The van der Waals surface area contributed by atoms with E-state index in [0.29, 0.717) is 37.2 Å². The highest BCUT2D eigenvalue weighted by molar-refractivity contribution is 7.10. The first kappa shape index (κ1) is 42.9. The minimum Gasteiger partial charge on any atom is -0.384 e. The number of carbonyl (C=O) groups excluding carboxylic acids is 2. The molecule has 2 fully saturated rings. The van der Waals surface area contributed by atoms with Crippen molar-refractivity contribution in [2.24, 2.45) is 17.3 Å². The van der Waals surface area contributed by atoms with E-state index in [0.717, 1.165) is 71.3 Å². The number of aromatic nitrogens is 3. The summed E-state index contributed by atoms with van der Waals surface area (Å²) >= 11 is 1.46. The highest BCUT2D eigenvalue weighted by atomic mass is 32.1. The van der Waals surface area contributed by atoms with Gasteiger partial charge in [-0.15, -0.1) is 11.3 Å². The van der Waals surface area contributed by atoms with E-state index in [1.807, 2.05) is 43.6 Å². The molecule has 1 saturated heterocycles. The Labute approximate surface area is 342 Å². The Balaban J connectivity index is 1.45. The number of methoxy groups -OCH3 is 2. The number of carbonyl (C=O) groups is 2. The van der Waals surface area contributed by atoms with Gasteiger partial charge < -0.3 is 29.0 Å². The predicted octanol–water partition coefficient (Wildman–Crippen LogP) is 7.04. The van der Waals surface area contributed by atoms with E-state index in [1.54, 1.807) is 19.2 Å². The highest BCUT2D eigenvalue weighted by Crippen LogP contribution is 2.42. The molecule has 57 heavy (non-hydrogen) atoms. The number of hydrogen-bond donors (Lipinski definition) is 2. The van der Waals surface area contributed by atoms with Gasteiger partial charge in [0.25, 0.3) is 5.91 Å². The van der Waals surface area contributed by atoms with Crippen LogP contribution in [-0.4, -0.2) is 103 Å². The fourth-order valence-corrected chi connectivity index (χ4v) is 9.01. The molecule has 0 radical (unpaired) electrons. The van der Waals surface area contributed by atoms with Crippen LogP contribution in [0, 0.1) is 17.3 Å². The first-order chi connectivity index (χ1) is 27.3. The Morgan fingerprint density at radius 3 is 2.61 bits per heavy atom. The lowest BCUT2D eigenvalue weighted by Crippen LogP contribution is -2.59. The van der Waals surface area contributed by atoms with Gasteiger partial charge in [0, 0.05) is 79.4 Å². The maximum atomic E-state index is 14.4. The third-order valence-electron chi connectivity index (χ3n) is 11.4. The van der Waals surface area contributed by atoms with Crippen LogP contribution in [0.1, 0.15) is 89.3 Å². The molecule has 2 aliphatic rings. The number of benzene rings is 1. The minimum atomic E-state index is -0.939. The smallest absolute Gasteiger partial charge is 0.262 e. The molecule has 1 aliphatic carbocycles. The number of nitrogens with zero attached hydrogens (tertiary/aromatic N) is 5. The second-order valence-corrected chi connectivity index (χ2v) is 17.9. The number of thiazole rings is 1. The largest absolute Gasteiger partial charge is 0.384 e. The molecule has 4 heterocycles. The highest BCUT2D eigenvalue weighted by Gasteiger charge is 2.44. The maximum absolute atomic E-state index is 14.4. The molecule has 0 bridgehead atoms. The Hall–Kier alpha value is -3.72. The number of hydrazine groups is 1. The number of amides is 2. The van der Waals surface area contributed by atoms with Gasteiger partial charge in [-0.25, -0.2) is 10.4 Å². The van der Waals surface area contributed by atoms with Crippen LogP contribution in [0.25, 0.3) is 33.4 Å². The van der Waals surface area contributed by atoms with Gasteiger partial charge in [0.1, 0.15) is 17.2 Å². The number of nitrogens with one attached hydrogen (secondary N) is 2. The number of aryl methyl sites for hydroxylation is 1. The van der Waals surface area contributed by atoms with Crippen molar-refractivity contribution in [1.29, 1.82) is 0 Å². The molecule has 12 nitrogen and oxygen atoms in total. The molecule has 0 unspecified atom stereocenters. The zero-order valence-electron chi connectivity index (χ0n) is 35.6. The zero-order chi connectivity index (χ0) is 41.0. The average Bonchev–Trinajstić information content (AvgIpc) is 3.59. The van der Waals surface area contributed by atoms with Gasteiger partial charge in [-0.2, -0.15) is 0 Å². The van der Waals surface area contributed by atoms with Crippen molar-refractivity contribution in [1.82, 2.24) is 35.2 Å². The molecule has 3 aromatic heterocycles. The molecule has 6 atom stereocenters. The van der Waals surface area contributed by atoms with Crippen LogP contribution in [0.4, 0.5) is 0 Å². The van der Waals surface area contributed by atoms with Crippen LogP contribution in [0.5, 0.6) is 0 Å². The second kappa shape index (κ2) is 18.5. The number of fused-ring (bicyclic) bond motifs is 1. The van der Waals surface area contributed by atoms with Gasteiger partial charge in [-0.05, 0) is 102 Å². The normalized spacial score (nSPS) is 20.2. The first-order valence-corrected chi connectivity index (χ1v) is 21.4. The van der Waals surface area contributed by atoms with Crippen LogP contribution < -0.4 is 10.7 Å². The molecule has 0 spiro atoms. The van der Waals surface area contributed by atoms with Crippen molar-refractivity contribution < 1.29 is 23.8 Å². The molecule has 6 rings (SSSR count). The predicted molar refractivity (Wildman–Crippen MR) is 227 cm³/mol. The zero-order valence-corrected chi connectivity index (χ0v) is 36.4. The van der Waals surface area contributed by atoms with Gasteiger partial charge in [-0.1, -0.05) is 26.8 Å². The fraction of sp³-hybridized carbons (Fsp3) is 0.591. The van der Waals surface area contributed by atoms with Crippen molar-refractivity contribution in [2.75, 3.05) is 54.6 Å². The minimum absolute atomic E-state index is 0.0987. The van der Waals surface area contributed by atoms with Crippen LogP contribution in [0.3, 0.4) is 0 Å². The van der Waals surface area contributed by atoms with E-state index in [2.05, 4.69) is 74.2 Å². The summed E-state index contributed by atoms with van der Waals surface area (Å²) in [6, 6.07) is 9.92. The molecule has 310 valence electrons. The summed E-state index contributed by atoms with van der Waals surface area (Å²) in [5.74, 6) is -0.111. The Kier molecular flexibility index (Phi) is 13.9. The number of likely N-dealkylation sites (N-methyl/N-ethyl adjacent to an activating group) is 1. The first-order valence-electron chi connectivity index (χ1n) is 20.5. The van der Waals surface area contributed by atoms with E-state index >= 15 is 0 Å². The van der Waals surface area contributed by atoms with Gasteiger partial charge in [0.15, 0.2) is 0 Å². The maximum Gasteiger partial charge on any atom is 0.262 e. The number of hydrogen-bond acceptors (Lipinski definition) is 10. The van der Waals surface area contributed by atoms with E-state index in [1.165, 1.54) is 16.9 Å². The van der Waals surface area contributed by atoms with Crippen LogP contribution >= 0.6 is 11.3 Å². The van der Waals surface area contributed by atoms with Gasteiger partial charge in [0.05, 0.1) is 36.4 Å². The van der Waals surface area contributed by atoms with E-state index in [9.17, 15) is 9.59 Å². The third-order valence-corrected chi connectivity index (χ3v) is 12.3. The molecule has 1 aromatic carbocycles. The monoisotopic (exact) mass is 801 g/mol. The molecule has 4 aromatic rings. The van der Waals surface area contributed by atoms with Crippen molar-refractivity contribution in [3.8, 4) is 22.5 Å². The fourth-order valence-electron chi connectivity index (χ4n) is 8.10. The summed E-state index contributed by atoms with van der Waals surface area (Å²) in [5, 5.41) is 8.65. The molecule has 2 amide bonds. The van der Waals surface area contributed by atoms with Gasteiger partial charge in [-0.3, -0.25) is 19.6 Å². The Bertz CT molecular complexity index is 2010. The quantitative estimate of drug-likeness (QED) is 0.109. The molecule has 2 N–H and O–H groups in total. The molecule has 13 heteroatoms. The summed E-state index contributed by atoms with van der Waals surface area (Å²) < 4.78 is 20.5. The van der Waals surface area contributed by atoms with Crippen LogP contribution in [0.15, 0.2) is 41.9 Å². The SMILES string of the molecule is CCn1c(-c2cccnc2[C@H](C)OC)c(CC(C)(C)COC)c2cc(-c3csc([C@@H](OCCN(C)C)[C@H](NC(=O)[C@H]4C[C@@H]4C)C(=O)N4CCC[C@@H](C)N4)n3)ccc21. The summed E-state index contributed by atoms with van der Waals surface area (Å²) in [5.41, 5.74) is 10.4. The molecular formula is C44H63N7O5S. The van der Waals surface area contributed by atoms with Crippen LogP contribution in [-0.2, 0) is 36.8 Å². The van der Waals surface area contributed by atoms with E-state index in [4.69, 9.17) is 24.2 Å². The lowest BCUT2D eigenvalue weighted by atomic mass is 9.84. The summed E-state index contributed by atoms with van der Waals surface area (Å²) in [6.45, 7) is 15.8. The third kappa shape index (κ3) is 9.77. The molecule has 1 saturated carbocycles. The van der Waals surface area contributed by atoms with E-state index in [-0.39, 0.29) is 35.3 Å². The number of rotatable bonds is 18. The Morgan fingerprint density at radius 2 is 1.95 bits per heavy atom. The van der Waals surface area contributed by atoms with E-state index < -0.39 is 12.1 Å². The Morgan fingerprint density at radius 1 is 1.18 bits per heavy atom. The lowest BCUT2D eigenvalue weighted by molar-refractivity contribution is -0.146. The van der Waals surface area contributed by atoms with Crippen molar-refractivity contribution in [3.63, 3.8) is 0 Å².